The molecule has 0 atom stereocenters. The number of thiazole rings is 1. The van der Waals surface area contributed by atoms with E-state index in [-0.39, 0.29) is 5.91 Å². The average Bonchev–Trinajstić information content (AvgIpc) is 3.27. The van der Waals surface area contributed by atoms with Crippen LogP contribution in [0.25, 0.3) is 20.1 Å². The second-order valence-electron chi connectivity index (χ2n) is 6.05. The van der Waals surface area contributed by atoms with Gasteiger partial charge >= 0.3 is 0 Å². The third kappa shape index (κ3) is 2.97. The summed E-state index contributed by atoms with van der Waals surface area (Å²) >= 11 is 3.24. The minimum atomic E-state index is 0.169. The summed E-state index contributed by atoms with van der Waals surface area (Å²) in [5.41, 5.74) is 1.03. The summed E-state index contributed by atoms with van der Waals surface area (Å²) in [4.78, 5) is 22.9. The van der Waals surface area contributed by atoms with Crippen molar-refractivity contribution in [1.29, 1.82) is 0 Å². The Kier molecular flexibility index (Phi) is 4.35. The van der Waals surface area contributed by atoms with Crippen LogP contribution in [0.2, 0.25) is 0 Å². The van der Waals surface area contributed by atoms with Crippen molar-refractivity contribution in [3.63, 3.8) is 0 Å². The van der Waals surface area contributed by atoms with Crippen molar-refractivity contribution in [2.45, 2.75) is 6.92 Å². The summed E-state index contributed by atoms with van der Waals surface area (Å²) in [5, 5.41) is 1.00. The second kappa shape index (κ2) is 6.63. The number of para-hydroxylation sites is 1. The van der Waals surface area contributed by atoms with Gasteiger partial charge in [0.25, 0.3) is 5.91 Å². The number of thiophene rings is 1. The standard InChI is InChI=1S/C18H19N3OS2/c1-2-20-9-11-21(12-10-20)18(22)16-8-7-15(23-16)17-19-13-5-3-4-6-14(13)24-17/h3-8H,2,9-12H2,1H3/p+1. The number of quaternary nitrogens is 1. The van der Waals surface area contributed by atoms with Gasteiger partial charge in [0.1, 0.15) is 5.01 Å². The molecule has 1 aliphatic rings. The second-order valence-corrected chi connectivity index (χ2v) is 8.16. The molecule has 6 heteroatoms. The van der Waals surface area contributed by atoms with E-state index in [4.69, 9.17) is 0 Å². The number of nitrogens with one attached hydrogen (secondary N) is 1. The molecule has 2 aromatic heterocycles. The minimum absolute atomic E-state index is 0.169. The average molecular weight is 359 g/mol. The fourth-order valence-electron chi connectivity index (χ4n) is 3.08. The molecule has 0 bridgehead atoms. The predicted molar refractivity (Wildman–Crippen MR) is 100 cm³/mol. The zero-order valence-electron chi connectivity index (χ0n) is 13.6. The Bertz CT molecular complexity index is 829. The number of carbonyl (C=O) groups excluding carboxylic acids is 1. The van der Waals surface area contributed by atoms with Crippen molar-refractivity contribution in [1.82, 2.24) is 9.88 Å². The summed E-state index contributed by atoms with van der Waals surface area (Å²) in [6, 6.07) is 12.1. The van der Waals surface area contributed by atoms with Gasteiger partial charge in [-0.1, -0.05) is 12.1 Å². The van der Waals surface area contributed by atoms with Crippen molar-refractivity contribution in [3.05, 3.63) is 41.3 Å². The van der Waals surface area contributed by atoms with Crippen LogP contribution in [0.3, 0.4) is 0 Å². The summed E-state index contributed by atoms with van der Waals surface area (Å²) in [6.45, 7) is 7.17. The maximum atomic E-state index is 12.7. The van der Waals surface area contributed by atoms with Crippen molar-refractivity contribution in [2.24, 2.45) is 0 Å². The molecule has 3 heterocycles. The number of carbonyl (C=O) groups is 1. The van der Waals surface area contributed by atoms with Gasteiger partial charge in [0.15, 0.2) is 0 Å². The molecule has 0 radical (unpaired) electrons. The molecule has 1 aromatic carbocycles. The summed E-state index contributed by atoms with van der Waals surface area (Å²) < 4.78 is 1.19. The van der Waals surface area contributed by atoms with E-state index in [9.17, 15) is 4.79 Å². The number of fused-ring (bicyclic) bond motifs is 1. The summed E-state index contributed by atoms with van der Waals surface area (Å²) in [5.74, 6) is 0.169. The van der Waals surface area contributed by atoms with E-state index in [1.165, 1.54) is 4.70 Å². The highest BCUT2D eigenvalue weighted by atomic mass is 32.1. The van der Waals surface area contributed by atoms with E-state index in [0.717, 1.165) is 53.0 Å². The van der Waals surface area contributed by atoms with Gasteiger partial charge in [-0.15, -0.1) is 22.7 Å². The Hall–Kier alpha value is -1.76. The van der Waals surface area contributed by atoms with Crippen LogP contribution in [0.15, 0.2) is 36.4 Å². The lowest BCUT2D eigenvalue weighted by Crippen LogP contribution is -3.14. The van der Waals surface area contributed by atoms with Gasteiger partial charge < -0.3 is 9.80 Å². The smallest absolute Gasteiger partial charge is 0.264 e. The molecule has 0 spiro atoms. The normalized spacial score (nSPS) is 16.0. The maximum absolute atomic E-state index is 12.7. The molecule has 0 saturated carbocycles. The van der Waals surface area contributed by atoms with Gasteiger partial charge in [0.2, 0.25) is 0 Å². The highest BCUT2D eigenvalue weighted by Crippen LogP contribution is 2.34. The third-order valence-electron chi connectivity index (χ3n) is 4.58. The molecule has 1 aliphatic heterocycles. The van der Waals surface area contributed by atoms with E-state index < -0.39 is 0 Å². The Morgan fingerprint density at radius 3 is 2.71 bits per heavy atom. The number of likely N-dealkylation sites (N-methyl/N-ethyl adjacent to an activating group) is 1. The fraction of sp³-hybridized carbons (Fsp3) is 0.333. The Morgan fingerprint density at radius 2 is 1.96 bits per heavy atom. The molecular formula is C18H20N3OS2+. The number of aromatic nitrogens is 1. The maximum Gasteiger partial charge on any atom is 0.264 e. The molecule has 3 aromatic rings. The summed E-state index contributed by atoms with van der Waals surface area (Å²) in [7, 11) is 0. The van der Waals surface area contributed by atoms with Crippen LogP contribution in [0.5, 0.6) is 0 Å². The lowest BCUT2D eigenvalue weighted by molar-refractivity contribution is -0.902. The zero-order chi connectivity index (χ0) is 16.5. The quantitative estimate of drug-likeness (QED) is 0.781. The fourth-order valence-corrected chi connectivity index (χ4v) is 5.08. The zero-order valence-corrected chi connectivity index (χ0v) is 15.3. The van der Waals surface area contributed by atoms with Crippen LogP contribution in [0, 0.1) is 0 Å². The van der Waals surface area contributed by atoms with Gasteiger partial charge in [-0.3, -0.25) is 4.79 Å². The predicted octanol–water partition coefficient (Wildman–Crippen LogP) is 2.39. The number of hydrogen-bond donors (Lipinski definition) is 1. The first-order valence-electron chi connectivity index (χ1n) is 8.33. The van der Waals surface area contributed by atoms with E-state index in [1.807, 2.05) is 35.2 Å². The van der Waals surface area contributed by atoms with Crippen LogP contribution in [0.4, 0.5) is 0 Å². The number of nitrogens with zero attached hydrogens (tertiary/aromatic N) is 2. The molecule has 1 N–H and O–H groups in total. The van der Waals surface area contributed by atoms with Crippen LogP contribution >= 0.6 is 22.7 Å². The van der Waals surface area contributed by atoms with Crippen molar-refractivity contribution >= 4 is 38.8 Å². The molecule has 1 fully saturated rings. The Morgan fingerprint density at radius 1 is 1.17 bits per heavy atom. The Balaban J connectivity index is 1.53. The molecule has 1 amide bonds. The third-order valence-corrected chi connectivity index (χ3v) is 6.86. The van der Waals surface area contributed by atoms with Crippen molar-refractivity contribution < 1.29 is 9.69 Å². The molecule has 4 nitrogen and oxygen atoms in total. The number of piperazine rings is 1. The highest BCUT2D eigenvalue weighted by Gasteiger charge is 2.24. The van der Waals surface area contributed by atoms with E-state index >= 15 is 0 Å². The van der Waals surface area contributed by atoms with Crippen LogP contribution < -0.4 is 4.90 Å². The van der Waals surface area contributed by atoms with Crippen molar-refractivity contribution in [2.75, 3.05) is 32.7 Å². The largest absolute Gasteiger partial charge is 0.332 e. The topological polar surface area (TPSA) is 37.6 Å². The molecule has 4 rings (SSSR count). The molecular weight excluding hydrogens is 338 g/mol. The summed E-state index contributed by atoms with van der Waals surface area (Å²) in [6.07, 6.45) is 0. The highest BCUT2D eigenvalue weighted by molar-refractivity contribution is 7.26. The SMILES string of the molecule is CC[NH+]1CCN(C(=O)c2ccc(-c3nc4ccccc4s3)s2)CC1. The van der Waals surface area contributed by atoms with E-state index in [2.05, 4.69) is 18.0 Å². The van der Waals surface area contributed by atoms with E-state index in [0.29, 0.717) is 0 Å². The molecule has 24 heavy (non-hydrogen) atoms. The molecule has 0 unspecified atom stereocenters. The number of hydrogen-bond acceptors (Lipinski definition) is 4. The van der Waals surface area contributed by atoms with E-state index in [1.54, 1.807) is 27.6 Å². The molecule has 1 saturated heterocycles. The molecule has 0 aliphatic carbocycles. The van der Waals surface area contributed by atoms with Gasteiger partial charge in [0, 0.05) is 0 Å². The Labute approximate surface area is 149 Å². The first kappa shape index (κ1) is 15.7. The lowest BCUT2D eigenvalue weighted by Gasteiger charge is -2.31. The van der Waals surface area contributed by atoms with Gasteiger partial charge in [0.05, 0.1) is 52.7 Å². The van der Waals surface area contributed by atoms with Crippen LogP contribution in [-0.2, 0) is 0 Å². The number of benzene rings is 1. The number of rotatable bonds is 3. The number of amides is 1. The van der Waals surface area contributed by atoms with Crippen LogP contribution in [0.1, 0.15) is 16.6 Å². The van der Waals surface area contributed by atoms with Gasteiger partial charge in [-0.05, 0) is 31.2 Å². The van der Waals surface area contributed by atoms with Crippen LogP contribution in [-0.4, -0.2) is 48.5 Å². The van der Waals surface area contributed by atoms with Crippen molar-refractivity contribution in [3.8, 4) is 9.88 Å². The monoisotopic (exact) mass is 358 g/mol. The van der Waals surface area contributed by atoms with Gasteiger partial charge in [-0.2, -0.15) is 0 Å². The first-order valence-corrected chi connectivity index (χ1v) is 9.96. The first-order chi connectivity index (χ1) is 11.7. The molecule has 124 valence electrons. The lowest BCUT2D eigenvalue weighted by atomic mass is 10.3. The minimum Gasteiger partial charge on any atom is -0.332 e. The van der Waals surface area contributed by atoms with Gasteiger partial charge in [-0.25, -0.2) is 4.98 Å².